The van der Waals surface area contributed by atoms with E-state index in [1.54, 1.807) is 0 Å². The maximum absolute atomic E-state index is 12.1. The number of halogens is 2. The summed E-state index contributed by atoms with van der Waals surface area (Å²) in [5.41, 5.74) is 6.66. The second-order valence-electron chi connectivity index (χ2n) is 4.73. The first-order valence-electron chi connectivity index (χ1n) is 6.08. The van der Waals surface area contributed by atoms with Crippen molar-refractivity contribution < 1.29 is 4.79 Å². The van der Waals surface area contributed by atoms with Gasteiger partial charge in [0.2, 0.25) is 5.91 Å². The predicted octanol–water partition coefficient (Wildman–Crippen LogP) is 3.67. The number of anilines is 1. The van der Waals surface area contributed by atoms with Crippen LogP contribution < -0.4 is 11.1 Å². The van der Waals surface area contributed by atoms with Crippen molar-refractivity contribution >= 4 is 43.5 Å². The van der Waals surface area contributed by atoms with Crippen molar-refractivity contribution in [3.8, 4) is 0 Å². The molecular weight excluding hydrogens is 360 g/mol. The number of rotatable bonds is 2. The molecule has 18 heavy (non-hydrogen) atoms. The van der Waals surface area contributed by atoms with Crippen molar-refractivity contribution in [2.45, 2.75) is 31.7 Å². The highest BCUT2D eigenvalue weighted by molar-refractivity contribution is 9.11. The van der Waals surface area contributed by atoms with Gasteiger partial charge in [0.05, 0.1) is 5.69 Å². The summed E-state index contributed by atoms with van der Waals surface area (Å²) in [7, 11) is 0. The Morgan fingerprint density at radius 2 is 1.89 bits per heavy atom. The number of nitrogens with one attached hydrogen (secondary N) is 1. The minimum Gasteiger partial charge on any atom is -0.328 e. The van der Waals surface area contributed by atoms with Crippen LogP contribution in [-0.2, 0) is 4.79 Å². The van der Waals surface area contributed by atoms with E-state index in [-0.39, 0.29) is 17.9 Å². The Kier molecular flexibility index (Phi) is 4.81. The summed E-state index contributed by atoms with van der Waals surface area (Å²) in [5.74, 6) is 0.199. The average Bonchev–Trinajstić information content (AvgIpc) is 2.33. The molecule has 0 unspecified atom stereocenters. The van der Waals surface area contributed by atoms with E-state index in [0.717, 1.165) is 40.3 Å². The lowest BCUT2D eigenvalue weighted by molar-refractivity contribution is -0.120. The number of amides is 1. The zero-order valence-corrected chi connectivity index (χ0v) is 13.1. The van der Waals surface area contributed by atoms with Gasteiger partial charge in [0.15, 0.2) is 0 Å². The number of carbonyl (C=O) groups is 1. The van der Waals surface area contributed by atoms with Crippen LogP contribution in [0.5, 0.6) is 0 Å². The molecule has 0 bridgehead atoms. The van der Waals surface area contributed by atoms with Gasteiger partial charge in [-0.25, -0.2) is 0 Å². The van der Waals surface area contributed by atoms with Gasteiger partial charge < -0.3 is 11.1 Å². The molecule has 0 aromatic heterocycles. The van der Waals surface area contributed by atoms with E-state index in [0.29, 0.717) is 0 Å². The van der Waals surface area contributed by atoms with Crippen LogP contribution in [0.3, 0.4) is 0 Å². The number of benzene rings is 1. The minimum atomic E-state index is 0.0975. The number of hydrogen-bond donors (Lipinski definition) is 2. The summed E-state index contributed by atoms with van der Waals surface area (Å²) in [4.78, 5) is 12.1. The van der Waals surface area contributed by atoms with Gasteiger partial charge in [-0.1, -0.05) is 15.9 Å². The van der Waals surface area contributed by atoms with Crippen molar-refractivity contribution in [3.05, 3.63) is 27.1 Å². The monoisotopic (exact) mass is 374 g/mol. The van der Waals surface area contributed by atoms with E-state index in [9.17, 15) is 4.79 Å². The van der Waals surface area contributed by atoms with Gasteiger partial charge in [0, 0.05) is 20.9 Å². The molecule has 2 rings (SSSR count). The number of hydrogen-bond acceptors (Lipinski definition) is 2. The quantitative estimate of drug-likeness (QED) is 0.828. The molecule has 1 aromatic rings. The lowest BCUT2D eigenvalue weighted by Crippen LogP contribution is -2.32. The Hall–Kier alpha value is -0.390. The molecule has 1 aliphatic rings. The lowest BCUT2D eigenvalue weighted by Gasteiger charge is -2.25. The Balaban J connectivity index is 1.98. The third-order valence-corrected chi connectivity index (χ3v) is 4.48. The average molecular weight is 376 g/mol. The largest absolute Gasteiger partial charge is 0.328 e. The van der Waals surface area contributed by atoms with Gasteiger partial charge in [0.25, 0.3) is 0 Å². The first kappa shape index (κ1) is 14.0. The molecule has 1 aliphatic carbocycles. The fourth-order valence-corrected chi connectivity index (χ4v) is 3.35. The van der Waals surface area contributed by atoms with Crippen molar-refractivity contribution in [2.24, 2.45) is 11.7 Å². The van der Waals surface area contributed by atoms with Gasteiger partial charge in [-0.2, -0.15) is 0 Å². The van der Waals surface area contributed by atoms with E-state index in [2.05, 4.69) is 37.2 Å². The van der Waals surface area contributed by atoms with E-state index in [4.69, 9.17) is 5.73 Å². The first-order valence-corrected chi connectivity index (χ1v) is 7.66. The summed E-state index contributed by atoms with van der Waals surface area (Å²) in [5, 5.41) is 2.97. The summed E-state index contributed by atoms with van der Waals surface area (Å²) >= 11 is 6.83. The Labute approximate surface area is 124 Å². The molecule has 0 radical (unpaired) electrons. The summed E-state index contributed by atoms with van der Waals surface area (Å²) in [6.07, 6.45) is 3.67. The maximum Gasteiger partial charge on any atom is 0.227 e. The summed E-state index contributed by atoms with van der Waals surface area (Å²) in [6.45, 7) is 0. The molecule has 0 atom stereocenters. The molecule has 0 saturated heterocycles. The highest BCUT2D eigenvalue weighted by Gasteiger charge is 2.24. The minimum absolute atomic E-state index is 0.0975. The molecular formula is C13H16Br2N2O. The zero-order chi connectivity index (χ0) is 13.1. The van der Waals surface area contributed by atoms with Gasteiger partial charge in [0.1, 0.15) is 0 Å². The molecule has 1 amide bonds. The molecule has 3 nitrogen and oxygen atoms in total. The van der Waals surface area contributed by atoms with Crippen LogP contribution in [0.25, 0.3) is 0 Å². The molecule has 0 spiro atoms. The van der Waals surface area contributed by atoms with E-state index >= 15 is 0 Å². The summed E-state index contributed by atoms with van der Waals surface area (Å²) in [6, 6.07) is 6.00. The van der Waals surface area contributed by atoms with Crippen LogP contribution in [-0.4, -0.2) is 11.9 Å². The van der Waals surface area contributed by atoms with Gasteiger partial charge in [-0.15, -0.1) is 0 Å². The normalized spacial score (nSPS) is 23.7. The first-order chi connectivity index (χ1) is 8.56. The Bertz CT molecular complexity index is 443. The van der Waals surface area contributed by atoms with Crippen molar-refractivity contribution in [2.75, 3.05) is 5.32 Å². The fourth-order valence-electron chi connectivity index (χ4n) is 2.21. The molecule has 5 heteroatoms. The van der Waals surface area contributed by atoms with E-state index in [1.807, 2.05) is 18.2 Å². The lowest BCUT2D eigenvalue weighted by atomic mass is 9.86. The molecule has 0 aliphatic heterocycles. The van der Waals surface area contributed by atoms with Gasteiger partial charge >= 0.3 is 0 Å². The van der Waals surface area contributed by atoms with Gasteiger partial charge in [-0.3, -0.25) is 4.79 Å². The van der Waals surface area contributed by atoms with Crippen LogP contribution in [0, 0.1) is 5.92 Å². The van der Waals surface area contributed by atoms with E-state index in [1.165, 1.54) is 0 Å². The van der Waals surface area contributed by atoms with Crippen molar-refractivity contribution in [1.29, 1.82) is 0 Å². The van der Waals surface area contributed by atoms with Crippen LogP contribution in [0.4, 0.5) is 5.69 Å². The van der Waals surface area contributed by atoms with Crippen LogP contribution in [0.1, 0.15) is 25.7 Å². The highest BCUT2D eigenvalue weighted by Crippen LogP contribution is 2.29. The third kappa shape index (κ3) is 3.56. The fraction of sp³-hybridized carbons (Fsp3) is 0.462. The van der Waals surface area contributed by atoms with Crippen LogP contribution in [0.2, 0.25) is 0 Å². The molecule has 1 fully saturated rings. The SMILES string of the molecule is NC1CCC(C(=O)Nc2ccc(Br)cc2Br)CC1. The molecule has 1 saturated carbocycles. The third-order valence-electron chi connectivity index (χ3n) is 3.33. The second kappa shape index (κ2) is 6.17. The van der Waals surface area contributed by atoms with Crippen molar-refractivity contribution in [3.63, 3.8) is 0 Å². The predicted molar refractivity (Wildman–Crippen MR) is 80.4 cm³/mol. The molecule has 1 aromatic carbocycles. The Morgan fingerprint density at radius 3 is 2.50 bits per heavy atom. The van der Waals surface area contributed by atoms with Crippen LogP contribution >= 0.6 is 31.9 Å². The number of carbonyl (C=O) groups excluding carboxylic acids is 1. The highest BCUT2D eigenvalue weighted by atomic mass is 79.9. The smallest absolute Gasteiger partial charge is 0.227 e. The molecule has 0 heterocycles. The maximum atomic E-state index is 12.1. The standard InChI is InChI=1S/C13H16Br2N2O/c14-9-3-6-12(11(15)7-9)17-13(18)8-1-4-10(16)5-2-8/h3,6-8,10H,1-2,4-5,16H2,(H,17,18). The zero-order valence-electron chi connectivity index (χ0n) is 9.96. The molecule has 98 valence electrons. The Morgan fingerprint density at radius 1 is 1.22 bits per heavy atom. The summed E-state index contributed by atoms with van der Waals surface area (Å²) < 4.78 is 1.87. The molecule has 3 N–H and O–H groups in total. The van der Waals surface area contributed by atoms with E-state index < -0.39 is 0 Å². The van der Waals surface area contributed by atoms with Crippen LogP contribution in [0.15, 0.2) is 27.1 Å². The van der Waals surface area contributed by atoms with Gasteiger partial charge in [-0.05, 0) is 59.8 Å². The topological polar surface area (TPSA) is 55.1 Å². The second-order valence-corrected chi connectivity index (χ2v) is 6.50. The van der Waals surface area contributed by atoms with Crippen molar-refractivity contribution in [1.82, 2.24) is 0 Å². The number of nitrogens with two attached hydrogens (primary N) is 1.